The zero-order valence-electron chi connectivity index (χ0n) is 16.4. The van der Waals surface area contributed by atoms with Crippen LogP contribution in [-0.4, -0.2) is 35.6 Å². The SMILES string of the molecule is Cc1ccc(-c2cc(C(=O)NC[C@H](c3ccccc3Cl)N3CCCC3)no2)cc1. The molecule has 0 radical (unpaired) electrons. The minimum atomic E-state index is -0.247. The molecule has 4 rings (SSSR count). The minimum Gasteiger partial charge on any atom is -0.355 e. The average molecular weight is 410 g/mol. The first kappa shape index (κ1) is 19.7. The molecule has 1 aliphatic rings. The van der Waals surface area contributed by atoms with E-state index >= 15 is 0 Å². The van der Waals surface area contributed by atoms with Gasteiger partial charge in [-0.1, -0.05) is 64.8 Å². The molecular formula is C23H24ClN3O2. The maximum Gasteiger partial charge on any atom is 0.273 e. The van der Waals surface area contributed by atoms with Crippen LogP contribution in [0.5, 0.6) is 0 Å². The van der Waals surface area contributed by atoms with Crippen molar-refractivity contribution in [1.29, 1.82) is 0 Å². The number of benzene rings is 2. The second-order valence-corrected chi connectivity index (χ2v) is 7.84. The lowest BCUT2D eigenvalue weighted by Gasteiger charge is -2.28. The van der Waals surface area contributed by atoms with E-state index in [1.165, 1.54) is 5.56 Å². The van der Waals surface area contributed by atoms with Crippen molar-refractivity contribution in [2.75, 3.05) is 19.6 Å². The van der Waals surface area contributed by atoms with Crippen molar-refractivity contribution < 1.29 is 9.32 Å². The molecule has 1 aliphatic heterocycles. The number of hydrogen-bond donors (Lipinski definition) is 1. The third-order valence-corrected chi connectivity index (χ3v) is 5.72. The van der Waals surface area contributed by atoms with E-state index in [0.717, 1.165) is 42.1 Å². The normalized spacial score (nSPS) is 15.4. The highest BCUT2D eigenvalue weighted by molar-refractivity contribution is 6.31. The quantitative estimate of drug-likeness (QED) is 0.631. The summed E-state index contributed by atoms with van der Waals surface area (Å²) in [5.74, 6) is 0.334. The van der Waals surface area contributed by atoms with Gasteiger partial charge >= 0.3 is 0 Å². The van der Waals surface area contributed by atoms with Crippen molar-refractivity contribution in [3.05, 3.63) is 76.4 Å². The van der Waals surface area contributed by atoms with Gasteiger partial charge in [0, 0.05) is 23.2 Å². The first-order valence-electron chi connectivity index (χ1n) is 9.92. The highest BCUT2D eigenvalue weighted by Gasteiger charge is 2.26. The van der Waals surface area contributed by atoms with E-state index in [4.69, 9.17) is 16.1 Å². The molecular weight excluding hydrogens is 386 g/mol. The minimum absolute atomic E-state index is 0.0404. The fourth-order valence-corrected chi connectivity index (χ4v) is 4.01. The third-order valence-electron chi connectivity index (χ3n) is 5.38. The molecule has 2 heterocycles. The summed E-state index contributed by atoms with van der Waals surface area (Å²) in [6.45, 7) is 4.51. The maximum absolute atomic E-state index is 12.7. The Morgan fingerprint density at radius 1 is 1.17 bits per heavy atom. The first-order chi connectivity index (χ1) is 14.1. The second kappa shape index (κ2) is 8.80. The van der Waals surface area contributed by atoms with Gasteiger partial charge in [0.05, 0.1) is 6.04 Å². The molecule has 1 atom stereocenters. The Balaban J connectivity index is 1.47. The summed E-state index contributed by atoms with van der Waals surface area (Å²) in [6.07, 6.45) is 2.33. The van der Waals surface area contributed by atoms with Crippen LogP contribution in [0.3, 0.4) is 0 Å². The molecule has 1 amide bonds. The van der Waals surface area contributed by atoms with Crippen molar-refractivity contribution in [3.8, 4) is 11.3 Å². The van der Waals surface area contributed by atoms with Crippen molar-refractivity contribution >= 4 is 17.5 Å². The summed E-state index contributed by atoms with van der Waals surface area (Å²) >= 11 is 6.45. The molecule has 0 unspecified atom stereocenters. The van der Waals surface area contributed by atoms with Gasteiger partial charge in [-0.15, -0.1) is 0 Å². The van der Waals surface area contributed by atoms with Crippen LogP contribution in [0.1, 0.15) is 40.5 Å². The molecule has 1 saturated heterocycles. The van der Waals surface area contributed by atoms with E-state index in [1.54, 1.807) is 6.07 Å². The number of nitrogens with zero attached hydrogens (tertiary/aromatic N) is 2. The molecule has 1 N–H and O–H groups in total. The summed E-state index contributed by atoms with van der Waals surface area (Å²) in [5.41, 5.74) is 3.38. The summed E-state index contributed by atoms with van der Waals surface area (Å²) in [4.78, 5) is 15.1. The number of likely N-dealkylation sites (tertiary alicyclic amines) is 1. The number of aromatic nitrogens is 1. The Morgan fingerprint density at radius 2 is 1.90 bits per heavy atom. The van der Waals surface area contributed by atoms with E-state index in [9.17, 15) is 4.79 Å². The van der Waals surface area contributed by atoms with Gasteiger partial charge < -0.3 is 9.84 Å². The predicted molar refractivity (Wildman–Crippen MR) is 114 cm³/mol. The molecule has 6 heteroatoms. The summed E-state index contributed by atoms with van der Waals surface area (Å²) in [5, 5.41) is 7.69. The van der Waals surface area contributed by atoms with Gasteiger partial charge in [0.1, 0.15) is 0 Å². The maximum atomic E-state index is 12.7. The van der Waals surface area contributed by atoms with E-state index < -0.39 is 0 Å². The van der Waals surface area contributed by atoms with Crippen molar-refractivity contribution in [2.24, 2.45) is 0 Å². The molecule has 2 aromatic carbocycles. The van der Waals surface area contributed by atoms with Crippen molar-refractivity contribution in [3.63, 3.8) is 0 Å². The van der Waals surface area contributed by atoms with Crippen LogP contribution in [0.15, 0.2) is 59.1 Å². The highest BCUT2D eigenvalue weighted by Crippen LogP contribution is 2.30. The molecule has 150 valence electrons. The third kappa shape index (κ3) is 4.52. The van der Waals surface area contributed by atoms with Crippen LogP contribution < -0.4 is 5.32 Å². The standard InChI is InChI=1S/C23H24ClN3O2/c1-16-8-10-17(11-9-16)22-14-20(26-29-22)23(28)25-15-21(27-12-4-5-13-27)18-6-2-3-7-19(18)24/h2-3,6-11,14,21H,4-5,12-13,15H2,1H3,(H,25,28)/t21-/m1/s1. The lowest BCUT2D eigenvalue weighted by atomic mass is 10.1. The van der Waals surface area contributed by atoms with Crippen molar-refractivity contribution in [2.45, 2.75) is 25.8 Å². The van der Waals surface area contributed by atoms with Crippen LogP contribution in [0.4, 0.5) is 0 Å². The van der Waals surface area contributed by atoms with E-state index in [1.807, 2.05) is 55.5 Å². The molecule has 1 aromatic heterocycles. The number of halogens is 1. The van der Waals surface area contributed by atoms with Gasteiger partial charge in [-0.05, 0) is 44.5 Å². The number of amides is 1. The van der Waals surface area contributed by atoms with Crippen LogP contribution in [0, 0.1) is 6.92 Å². The number of hydrogen-bond acceptors (Lipinski definition) is 4. The largest absolute Gasteiger partial charge is 0.355 e. The Hall–Kier alpha value is -2.63. The van der Waals surface area contributed by atoms with E-state index in [0.29, 0.717) is 12.3 Å². The van der Waals surface area contributed by atoms with Gasteiger partial charge in [-0.3, -0.25) is 9.69 Å². The fraction of sp³-hybridized carbons (Fsp3) is 0.304. The van der Waals surface area contributed by atoms with E-state index in [2.05, 4.69) is 15.4 Å². The first-order valence-corrected chi connectivity index (χ1v) is 10.3. The monoisotopic (exact) mass is 409 g/mol. The van der Waals surface area contributed by atoms with Crippen LogP contribution in [-0.2, 0) is 0 Å². The zero-order valence-corrected chi connectivity index (χ0v) is 17.2. The Labute approximate surface area is 175 Å². The lowest BCUT2D eigenvalue weighted by Crippen LogP contribution is -2.37. The Morgan fingerprint density at radius 3 is 2.62 bits per heavy atom. The second-order valence-electron chi connectivity index (χ2n) is 7.43. The predicted octanol–water partition coefficient (Wildman–Crippen LogP) is 4.87. The zero-order chi connectivity index (χ0) is 20.2. The topological polar surface area (TPSA) is 58.4 Å². The van der Waals surface area contributed by atoms with Crippen molar-refractivity contribution in [1.82, 2.24) is 15.4 Å². The number of rotatable bonds is 6. The molecule has 3 aromatic rings. The highest BCUT2D eigenvalue weighted by atomic mass is 35.5. The van der Waals surface area contributed by atoms with Crippen LogP contribution in [0.25, 0.3) is 11.3 Å². The molecule has 5 nitrogen and oxygen atoms in total. The number of carbonyl (C=O) groups excluding carboxylic acids is 1. The van der Waals surface area contributed by atoms with E-state index in [-0.39, 0.29) is 17.6 Å². The average Bonchev–Trinajstić information content (AvgIpc) is 3.42. The molecule has 0 saturated carbocycles. The number of nitrogens with one attached hydrogen (secondary N) is 1. The number of aryl methyl sites for hydroxylation is 1. The molecule has 0 bridgehead atoms. The molecule has 29 heavy (non-hydrogen) atoms. The Kier molecular flexibility index (Phi) is 5.97. The summed E-state index contributed by atoms with van der Waals surface area (Å²) in [6, 6.07) is 17.5. The molecule has 0 spiro atoms. The summed E-state index contributed by atoms with van der Waals surface area (Å²) in [7, 11) is 0. The Bertz CT molecular complexity index is 978. The van der Waals surface area contributed by atoms with Gasteiger partial charge in [0.15, 0.2) is 11.5 Å². The van der Waals surface area contributed by atoms with Gasteiger partial charge in [-0.2, -0.15) is 0 Å². The molecule has 1 fully saturated rings. The smallest absolute Gasteiger partial charge is 0.273 e. The van der Waals surface area contributed by atoms with Gasteiger partial charge in [0.25, 0.3) is 5.91 Å². The fourth-order valence-electron chi connectivity index (χ4n) is 3.75. The summed E-state index contributed by atoms with van der Waals surface area (Å²) < 4.78 is 5.38. The van der Waals surface area contributed by atoms with Gasteiger partial charge in [0.2, 0.25) is 0 Å². The van der Waals surface area contributed by atoms with Crippen LogP contribution in [0.2, 0.25) is 5.02 Å². The van der Waals surface area contributed by atoms with Gasteiger partial charge in [-0.25, -0.2) is 0 Å². The number of carbonyl (C=O) groups is 1. The lowest BCUT2D eigenvalue weighted by molar-refractivity contribution is 0.0929. The van der Waals surface area contributed by atoms with Crippen LogP contribution >= 0.6 is 11.6 Å². The molecule has 0 aliphatic carbocycles.